The van der Waals surface area contributed by atoms with Gasteiger partial charge >= 0.3 is 0 Å². The molecule has 1 N–H and O–H groups in total. The van der Waals surface area contributed by atoms with Gasteiger partial charge in [0.1, 0.15) is 0 Å². The summed E-state index contributed by atoms with van der Waals surface area (Å²) in [6.45, 7) is 11.5. The highest BCUT2D eigenvalue weighted by atomic mass is 15.3. The SMILES string of the molecule is CC(C)c1ccc(CN2CCNCC2(C)C2CC2)cc1. The van der Waals surface area contributed by atoms with Crippen molar-refractivity contribution in [3.05, 3.63) is 35.4 Å². The van der Waals surface area contributed by atoms with Crippen LogP contribution in [0.4, 0.5) is 0 Å². The van der Waals surface area contributed by atoms with E-state index in [1.807, 2.05) is 0 Å². The topological polar surface area (TPSA) is 15.3 Å². The predicted molar refractivity (Wildman–Crippen MR) is 84.9 cm³/mol. The van der Waals surface area contributed by atoms with E-state index in [4.69, 9.17) is 0 Å². The number of hydrogen-bond donors (Lipinski definition) is 1. The summed E-state index contributed by atoms with van der Waals surface area (Å²) < 4.78 is 0. The zero-order valence-electron chi connectivity index (χ0n) is 13.2. The lowest BCUT2D eigenvalue weighted by atomic mass is 9.90. The fraction of sp³-hybridized carbons (Fsp3) is 0.667. The molecule has 0 bridgehead atoms. The summed E-state index contributed by atoms with van der Waals surface area (Å²) in [6, 6.07) is 9.25. The second-order valence-electron chi connectivity index (χ2n) is 7.13. The van der Waals surface area contributed by atoms with Crippen molar-refractivity contribution in [3.8, 4) is 0 Å². The Kier molecular flexibility index (Phi) is 3.87. The van der Waals surface area contributed by atoms with Crippen LogP contribution in [-0.2, 0) is 6.54 Å². The van der Waals surface area contributed by atoms with E-state index in [1.54, 1.807) is 0 Å². The van der Waals surface area contributed by atoms with E-state index < -0.39 is 0 Å². The quantitative estimate of drug-likeness (QED) is 0.904. The summed E-state index contributed by atoms with van der Waals surface area (Å²) in [7, 11) is 0. The average molecular weight is 272 g/mol. The van der Waals surface area contributed by atoms with Gasteiger partial charge in [0.05, 0.1) is 0 Å². The number of benzene rings is 1. The summed E-state index contributed by atoms with van der Waals surface area (Å²) in [5.74, 6) is 1.53. The third kappa shape index (κ3) is 2.77. The fourth-order valence-corrected chi connectivity index (χ4v) is 3.52. The van der Waals surface area contributed by atoms with E-state index >= 15 is 0 Å². The van der Waals surface area contributed by atoms with Gasteiger partial charge in [-0.25, -0.2) is 0 Å². The Balaban J connectivity index is 1.72. The molecule has 0 amide bonds. The molecular formula is C18H28N2. The normalized spacial score (nSPS) is 28.0. The molecule has 1 aromatic rings. The Labute approximate surface area is 123 Å². The summed E-state index contributed by atoms with van der Waals surface area (Å²) in [4.78, 5) is 2.71. The molecule has 20 heavy (non-hydrogen) atoms. The predicted octanol–water partition coefficient (Wildman–Crippen LogP) is 3.38. The monoisotopic (exact) mass is 272 g/mol. The lowest BCUT2D eigenvalue weighted by Gasteiger charge is -2.46. The number of hydrogen-bond acceptors (Lipinski definition) is 2. The van der Waals surface area contributed by atoms with Gasteiger partial charge in [0, 0.05) is 31.7 Å². The van der Waals surface area contributed by atoms with Crippen LogP contribution in [0.1, 0.15) is 50.7 Å². The van der Waals surface area contributed by atoms with E-state index in [2.05, 4.69) is 55.3 Å². The molecule has 1 atom stereocenters. The van der Waals surface area contributed by atoms with Gasteiger partial charge in [-0.1, -0.05) is 38.1 Å². The first-order valence-electron chi connectivity index (χ1n) is 8.14. The first kappa shape index (κ1) is 14.1. The van der Waals surface area contributed by atoms with Gasteiger partial charge in [0.25, 0.3) is 0 Å². The van der Waals surface area contributed by atoms with Crippen LogP contribution in [0, 0.1) is 5.92 Å². The van der Waals surface area contributed by atoms with Crippen LogP contribution in [0.5, 0.6) is 0 Å². The molecule has 1 saturated carbocycles. The lowest BCUT2D eigenvalue weighted by Crippen LogP contribution is -2.60. The molecule has 2 nitrogen and oxygen atoms in total. The zero-order valence-corrected chi connectivity index (χ0v) is 13.2. The van der Waals surface area contributed by atoms with Crippen LogP contribution >= 0.6 is 0 Å². The van der Waals surface area contributed by atoms with E-state index in [1.165, 1.54) is 30.5 Å². The third-order valence-corrected chi connectivity index (χ3v) is 5.24. The van der Waals surface area contributed by atoms with Gasteiger partial charge in [-0.05, 0) is 42.7 Å². The van der Waals surface area contributed by atoms with Crippen molar-refractivity contribution in [2.75, 3.05) is 19.6 Å². The van der Waals surface area contributed by atoms with Crippen molar-refractivity contribution in [3.63, 3.8) is 0 Å². The van der Waals surface area contributed by atoms with Crippen molar-refractivity contribution < 1.29 is 0 Å². The second-order valence-corrected chi connectivity index (χ2v) is 7.13. The highest BCUT2D eigenvalue weighted by molar-refractivity contribution is 5.25. The van der Waals surface area contributed by atoms with Gasteiger partial charge < -0.3 is 5.32 Å². The maximum absolute atomic E-state index is 3.59. The van der Waals surface area contributed by atoms with E-state index in [0.29, 0.717) is 11.5 Å². The minimum Gasteiger partial charge on any atom is -0.314 e. The highest BCUT2D eigenvalue weighted by Crippen LogP contribution is 2.44. The maximum Gasteiger partial charge on any atom is 0.0337 e. The standard InChI is InChI=1S/C18H28N2/c1-14(2)16-6-4-15(5-7-16)12-20-11-10-19-13-18(20,3)17-8-9-17/h4-7,14,17,19H,8-13H2,1-3H3. The Morgan fingerprint density at radius 1 is 1.25 bits per heavy atom. The van der Waals surface area contributed by atoms with Crippen molar-refractivity contribution in [1.29, 1.82) is 0 Å². The highest BCUT2D eigenvalue weighted by Gasteiger charge is 2.46. The minimum absolute atomic E-state index is 0.370. The molecule has 1 saturated heterocycles. The first-order valence-corrected chi connectivity index (χ1v) is 8.14. The summed E-state index contributed by atoms with van der Waals surface area (Å²) in [5, 5.41) is 3.59. The average Bonchev–Trinajstić information content (AvgIpc) is 3.27. The lowest BCUT2D eigenvalue weighted by molar-refractivity contribution is 0.0484. The number of rotatable bonds is 4. The summed E-state index contributed by atoms with van der Waals surface area (Å²) in [6.07, 6.45) is 2.84. The number of nitrogens with zero attached hydrogens (tertiary/aromatic N) is 1. The molecule has 1 aliphatic carbocycles. The molecular weight excluding hydrogens is 244 g/mol. The van der Waals surface area contributed by atoms with Crippen molar-refractivity contribution in [2.45, 2.75) is 51.6 Å². The minimum atomic E-state index is 0.370. The molecule has 2 fully saturated rings. The van der Waals surface area contributed by atoms with Gasteiger partial charge in [0.2, 0.25) is 0 Å². The Morgan fingerprint density at radius 2 is 1.95 bits per heavy atom. The van der Waals surface area contributed by atoms with Gasteiger partial charge in [0.15, 0.2) is 0 Å². The van der Waals surface area contributed by atoms with Crippen molar-refractivity contribution >= 4 is 0 Å². The fourth-order valence-electron chi connectivity index (χ4n) is 3.52. The van der Waals surface area contributed by atoms with Crippen molar-refractivity contribution in [2.24, 2.45) is 5.92 Å². The zero-order chi connectivity index (χ0) is 14.2. The maximum atomic E-state index is 3.59. The molecule has 2 heteroatoms. The third-order valence-electron chi connectivity index (χ3n) is 5.24. The van der Waals surface area contributed by atoms with Crippen LogP contribution in [-0.4, -0.2) is 30.1 Å². The largest absolute Gasteiger partial charge is 0.314 e. The number of nitrogens with one attached hydrogen (secondary N) is 1. The molecule has 0 spiro atoms. The van der Waals surface area contributed by atoms with Crippen LogP contribution in [0.2, 0.25) is 0 Å². The molecule has 110 valence electrons. The molecule has 1 unspecified atom stereocenters. The molecule has 1 aromatic carbocycles. The van der Waals surface area contributed by atoms with Crippen LogP contribution in [0.3, 0.4) is 0 Å². The van der Waals surface area contributed by atoms with Gasteiger partial charge in [-0.15, -0.1) is 0 Å². The van der Waals surface area contributed by atoms with Gasteiger partial charge in [-0.2, -0.15) is 0 Å². The molecule has 2 aliphatic rings. The molecule has 0 radical (unpaired) electrons. The summed E-state index contributed by atoms with van der Waals surface area (Å²) >= 11 is 0. The van der Waals surface area contributed by atoms with Crippen molar-refractivity contribution in [1.82, 2.24) is 10.2 Å². The molecule has 1 heterocycles. The Bertz CT molecular complexity index is 447. The Morgan fingerprint density at radius 3 is 2.55 bits per heavy atom. The molecule has 1 aliphatic heterocycles. The smallest absolute Gasteiger partial charge is 0.0337 e. The summed E-state index contributed by atoms with van der Waals surface area (Å²) in [5.41, 5.74) is 3.27. The Hall–Kier alpha value is -0.860. The van der Waals surface area contributed by atoms with Crippen LogP contribution in [0.25, 0.3) is 0 Å². The van der Waals surface area contributed by atoms with Crippen LogP contribution < -0.4 is 5.32 Å². The van der Waals surface area contributed by atoms with Gasteiger partial charge in [-0.3, -0.25) is 4.90 Å². The molecule has 0 aromatic heterocycles. The van der Waals surface area contributed by atoms with Crippen LogP contribution in [0.15, 0.2) is 24.3 Å². The number of piperazine rings is 1. The second kappa shape index (κ2) is 5.50. The van der Waals surface area contributed by atoms with E-state index in [-0.39, 0.29) is 0 Å². The van der Waals surface area contributed by atoms with E-state index in [0.717, 1.165) is 25.6 Å². The van der Waals surface area contributed by atoms with E-state index in [9.17, 15) is 0 Å². The molecule has 3 rings (SSSR count). The first-order chi connectivity index (χ1) is 9.59.